The Morgan fingerprint density at radius 2 is 1.53 bits per heavy atom. The van der Waals surface area contributed by atoms with Crippen molar-refractivity contribution >= 4 is 16.9 Å². The summed E-state index contributed by atoms with van der Waals surface area (Å²) >= 11 is 0. The van der Waals surface area contributed by atoms with Crippen LogP contribution >= 0.6 is 0 Å². The minimum absolute atomic E-state index is 0.0436. The van der Waals surface area contributed by atoms with Gasteiger partial charge in [0, 0.05) is 28.7 Å². The largest absolute Gasteiger partial charge is 0.459 e. The zero-order valence-corrected chi connectivity index (χ0v) is 18.7. The number of nitrogens with one attached hydrogen (secondary N) is 2. The number of hydrogen-bond acceptors (Lipinski definition) is 3. The lowest BCUT2D eigenvalue weighted by molar-refractivity contribution is -0.160. The molecule has 1 aliphatic rings. The third-order valence-electron chi connectivity index (χ3n) is 6.17. The van der Waals surface area contributed by atoms with Crippen molar-refractivity contribution in [1.82, 2.24) is 10.3 Å². The van der Waals surface area contributed by atoms with Gasteiger partial charge in [-0.05, 0) is 38.0 Å². The van der Waals surface area contributed by atoms with Crippen molar-refractivity contribution < 1.29 is 9.53 Å². The van der Waals surface area contributed by atoms with Gasteiger partial charge in [0.05, 0.1) is 6.04 Å². The van der Waals surface area contributed by atoms with Gasteiger partial charge >= 0.3 is 5.97 Å². The molecule has 2 heterocycles. The topological polar surface area (TPSA) is 54.1 Å². The standard InChI is InChI=1S/C28H28N2O2/c1-27(2,3)32-26(31)28(20-14-8-5-9-15-20)18-29-24(19-12-6-4-7-13-19)25-23(28)21-16-10-11-17-22(21)30-25/h4-17,24,29-30H,18H2,1-3H3/t24-,28+/m1/s1. The third kappa shape index (κ3) is 3.32. The Morgan fingerprint density at radius 3 is 2.22 bits per heavy atom. The number of esters is 1. The lowest BCUT2D eigenvalue weighted by atomic mass is 9.69. The van der Waals surface area contributed by atoms with Crippen molar-refractivity contribution in [3.8, 4) is 0 Å². The van der Waals surface area contributed by atoms with Crippen molar-refractivity contribution in [3.05, 3.63) is 107 Å². The van der Waals surface area contributed by atoms with Crippen molar-refractivity contribution in [2.24, 2.45) is 0 Å². The summed E-state index contributed by atoms with van der Waals surface area (Å²) in [5, 5.41) is 4.73. The van der Waals surface area contributed by atoms with E-state index in [4.69, 9.17) is 4.74 Å². The molecule has 0 saturated heterocycles. The van der Waals surface area contributed by atoms with Gasteiger partial charge in [-0.25, -0.2) is 0 Å². The fourth-order valence-corrected chi connectivity index (χ4v) is 4.84. The second-order valence-electron chi connectivity index (χ2n) is 9.46. The molecule has 4 aromatic rings. The van der Waals surface area contributed by atoms with E-state index < -0.39 is 11.0 Å². The maximum Gasteiger partial charge on any atom is 0.323 e. The molecule has 5 rings (SSSR count). The molecule has 0 radical (unpaired) electrons. The minimum Gasteiger partial charge on any atom is -0.459 e. The summed E-state index contributed by atoms with van der Waals surface area (Å²) in [6.45, 7) is 6.20. The number of rotatable bonds is 3. The van der Waals surface area contributed by atoms with E-state index in [9.17, 15) is 4.79 Å². The first-order valence-electron chi connectivity index (χ1n) is 11.1. The van der Waals surface area contributed by atoms with Crippen LogP contribution in [0.3, 0.4) is 0 Å². The van der Waals surface area contributed by atoms with Gasteiger partial charge in [0.25, 0.3) is 0 Å². The second kappa shape index (κ2) is 7.64. The maximum atomic E-state index is 14.0. The fraction of sp³-hybridized carbons (Fsp3) is 0.250. The Labute approximate surface area is 188 Å². The SMILES string of the molecule is CC(C)(C)OC(=O)[C@]1(c2ccccc2)CN[C@H](c2ccccc2)c2[nH]c3ccccc3c21. The van der Waals surface area contributed by atoms with Crippen LogP contribution in [0.2, 0.25) is 0 Å². The molecule has 0 unspecified atom stereocenters. The van der Waals surface area contributed by atoms with Crippen molar-refractivity contribution in [3.63, 3.8) is 0 Å². The molecule has 0 amide bonds. The first-order chi connectivity index (χ1) is 15.4. The number of aromatic nitrogens is 1. The van der Waals surface area contributed by atoms with E-state index in [1.807, 2.05) is 81.4 Å². The highest BCUT2D eigenvalue weighted by molar-refractivity contribution is 5.98. The van der Waals surface area contributed by atoms with Crippen LogP contribution in [0.1, 0.15) is 49.2 Å². The van der Waals surface area contributed by atoms with Gasteiger partial charge in [-0.2, -0.15) is 0 Å². The Morgan fingerprint density at radius 1 is 0.906 bits per heavy atom. The van der Waals surface area contributed by atoms with Crippen molar-refractivity contribution in [2.45, 2.75) is 37.8 Å². The summed E-state index contributed by atoms with van der Waals surface area (Å²) in [6, 6.07) is 28.5. The lowest BCUT2D eigenvalue weighted by Gasteiger charge is -2.41. The molecule has 4 heteroatoms. The van der Waals surface area contributed by atoms with Crippen LogP contribution in [0.25, 0.3) is 10.9 Å². The number of para-hydroxylation sites is 1. The van der Waals surface area contributed by atoms with Gasteiger partial charge in [0.15, 0.2) is 0 Å². The van der Waals surface area contributed by atoms with Crippen LogP contribution in [0.15, 0.2) is 84.9 Å². The third-order valence-corrected chi connectivity index (χ3v) is 6.17. The first-order valence-corrected chi connectivity index (χ1v) is 11.1. The van der Waals surface area contributed by atoms with Crippen LogP contribution in [-0.4, -0.2) is 23.1 Å². The molecule has 0 bridgehead atoms. The van der Waals surface area contributed by atoms with E-state index in [1.165, 1.54) is 0 Å². The number of benzene rings is 3. The predicted molar refractivity (Wildman–Crippen MR) is 128 cm³/mol. The normalized spacial score (nSPS) is 20.7. The molecule has 0 aliphatic carbocycles. The van der Waals surface area contributed by atoms with E-state index in [0.717, 1.165) is 33.3 Å². The second-order valence-corrected chi connectivity index (χ2v) is 9.46. The Kier molecular flexibility index (Phi) is 4.90. The van der Waals surface area contributed by atoms with Gasteiger partial charge in [0.2, 0.25) is 0 Å². The molecule has 162 valence electrons. The minimum atomic E-state index is -0.964. The smallest absolute Gasteiger partial charge is 0.323 e. The van der Waals surface area contributed by atoms with Crippen LogP contribution < -0.4 is 5.32 Å². The summed E-state index contributed by atoms with van der Waals surface area (Å²) in [6.07, 6.45) is 0. The van der Waals surface area contributed by atoms with Gasteiger partial charge in [-0.15, -0.1) is 0 Å². The van der Waals surface area contributed by atoms with Crippen LogP contribution in [0, 0.1) is 0 Å². The van der Waals surface area contributed by atoms with Crippen LogP contribution in [0.4, 0.5) is 0 Å². The molecule has 0 fully saturated rings. The summed E-state index contributed by atoms with van der Waals surface area (Å²) in [7, 11) is 0. The quantitative estimate of drug-likeness (QED) is 0.428. The van der Waals surface area contributed by atoms with E-state index in [-0.39, 0.29) is 12.0 Å². The average molecular weight is 425 g/mol. The van der Waals surface area contributed by atoms with Crippen LogP contribution in [0.5, 0.6) is 0 Å². The Balaban J connectivity index is 1.81. The highest BCUT2D eigenvalue weighted by atomic mass is 16.6. The van der Waals surface area contributed by atoms with E-state index in [0.29, 0.717) is 6.54 Å². The molecule has 0 spiro atoms. The zero-order valence-electron chi connectivity index (χ0n) is 18.7. The van der Waals surface area contributed by atoms with Gasteiger partial charge in [0.1, 0.15) is 11.0 Å². The highest BCUT2D eigenvalue weighted by Crippen LogP contribution is 2.46. The molecule has 0 saturated carbocycles. The highest BCUT2D eigenvalue weighted by Gasteiger charge is 2.51. The number of H-pyrrole nitrogens is 1. The maximum absolute atomic E-state index is 14.0. The monoisotopic (exact) mass is 424 g/mol. The molecule has 32 heavy (non-hydrogen) atoms. The van der Waals surface area contributed by atoms with Gasteiger partial charge < -0.3 is 15.0 Å². The van der Waals surface area contributed by atoms with Gasteiger partial charge in [-0.1, -0.05) is 78.9 Å². The number of aromatic amines is 1. The van der Waals surface area contributed by atoms with Crippen molar-refractivity contribution in [2.75, 3.05) is 6.54 Å². The molecular formula is C28H28N2O2. The first kappa shape index (κ1) is 20.5. The van der Waals surface area contributed by atoms with Crippen molar-refractivity contribution in [1.29, 1.82) is 0 Å². The Hall–Kier alpha value is -3.37. The summed E-state index contributed by atoms with van der Waals surface area (Å²) in [5.41, 5.74) is 3.56. The zero-order chi connectivity index (χ0) is 22.3. The molecule has 3 aromatic carbocycles. The Bertz CT molecular complexity index is 1260. The van der Waals surface area contributed by atoms with Gasteiger partial charge in [-0.3, -0.25) is 4.79 Å². The lowest BCUT2D eigenvalue weighted by Crippen LogP contribution is -2.53. The molecule has 1 aliphatic heterocycles. The summed E-state index contributed by atoms with van der Waals surface area (Å²) in [4.78, 5) is 17.6. The molecule has 2 atom stereocenters. The molecule has 1 aromatic heterocycles. The van der Waals surface area contributed by atoms with E-state index in [1.54, 1.807) is 0 Å². The molecule has 4 nitrogen and oxygen atoms in total. The number of carbonyl (C=O) groups is 1. The fourth-order valence-electron chi connectivity index (χ4n) is 4.84. The molecule has 2 N–H and O–H groups in total. The number of ether oxygens (including phenoxy) is 1. The van der Waals surface area contributed by atoms with E-state index >= 15 is 0 Å². The molecular weight excluding hydrogens is 396 g/mol. The number of carbonyl (C=O) groups excluding carboxylic acids is 1. The van der Waals surface area contributed by atoms with Crippen LogP contribution in [-0.2, 0) is 14.9 Å². The number of hydrogen-bond donors (Lipinski definition) is 2. The predicted octanol–water partition coefficient (Wildman–Crippen LogP) is 5.49. The average Bonchev–Trinajstić information content (AvgIpc) is 3.18. The number of fused-ring (bicyclic) bond motifs is 3. The summed E-state index contributed by atoms with van der Waals surface area (Å²) < 4.78 is 6.06. The van der Waals surface area contributed by atoms with E-state index in [2.05, 4.69) is 34.6 Å². The summed E-state index contributed by atoms with van der Waals surface area (Å²) in [5.74, 6) is -0.235.